The third kappa shape index (κ3) is 3.62. The molecule has 0 atom stereocenters. The Hall–Kier alpha value is -0.630. The molecule has 0 unspecified atom stereocenters. The number of nitrogens with two attached hydrogens (primary N) is 1. The van der Waals surface area contributed by atoms with E-state index in [0.29, 0.717) is 4.75 Å². The number of hydrogen-bond acceptors (Lipinski definition) is 2. The summed E-state index contributed by atoms with van der Waals surface area (Å²) in [7, 11) is 0. The SMILES string of the molecule is CCCC(C)(C)Sc1ccc(N)cc1. The van der Waals surface area contributed by atoms with Crippen LogP contribution in [0.4, 0.5) is 5.69 Å². The molecule has 0 fully saturated rings. The normalized spacial score (nSPS) is 11.6. The first-order valence-corrected chi connectivity index (χ1v) is 5.90. The predicted molar refractivity (Wildman–Crippen MR) is 65.7 cm³/mol. The molecule has 1 aromatic carbocycles. The highest BCUT2D eigenvalue weighted by molar-refractivity contribution is 8.00. The van der Waals surface area contributed by atoms with Gasteiger partial charge in [-0.15, -0.1) is 11.8 Å². The minimum atomic E-state index is 0.324. The van der Waals surface area contributed by atoms with Gasteiger partial charge < -0.3 is 5.73 Å². The van der Waals surface area contributed by atoms with Crippen LogP contribution >= 0.6 is 11.8 Å². The lowest BCUT2D eigenvalue weighted by molar-refractivity contribution is 0.627. The Labute approximate surface area is 91.1 Å². The van der Waals surface area contributed by atoms with E-state index in [0.717, 1.165) is 5.69 Å². The van der Waals surface area contributed by atoms with Crippen LogP contribution in [0.2, 0.25) is 0 Å². The molecule has 0 aromatic heterocycles. The molecule has 0 aliphatic carbocycles. The zero-order chi connectivity index (χ0) is 10.6. The summed E-state index contributed by atoms with van der Waals surface area (Å²) in [6, 6.07) is 8.11. The molecule has 0 saturated carbocycles. The molecule has 2 N–H and O–H groups in total. The summed E-state index contributed by atoms with van der Waals surface area (Å²) in [5, 5.41) is 0. The largest absolute Gasteiger partial charge is 0.399 e. The molecule has 2 heteroatoms. The second-order valence-corrected chi connectivity index (χ2v) is 5.96. The number of benzene rings is 1. The van der Waals surface area contributed by atoms with E-state index in [4.69, 9.17) is 5.73 Å². The van der Waals surface area contributed by atoms with Crippen LogP contribution in [-0.2, 0) is 0 Å². The number of anilines is 1. The fourth-order valence-electron chi connectivity index (χ4n) is 1.51. The first kappa shape index (κ1) is 11.4. The Bertz CT molecular complexity index is 277. The Morgan fingerprint density at radius 2 is 1.79 bits per heavy atom. The summed E-state index contributed by atoms with van der Waals surface area (Å²) >= 11 is 1.92. The zero-order valence-corrected chi connectivity index (χ0v) is 10.0. The Morgan fingerprint density at radius 1 is 1.21 bits per heavy atom. The monoisotopic (exact) mass is 209 g/mol. The molecule has 0 aliphatic heterocycles. The van der Waals surface area contributed by atoms with Crippen LogP contribution in [0.25, 0.3) is 0 Å². The first-order chi connectivity index (χ1) is 6.53. The van der Waals surface area contributed by atoms with E-state index in [1.807, 2.05) is 23.9 Å². The summed E-state index contributed by atoms with van der Waals surface area (Å²) in [4.78, 5) is 1.30. The van der Waals surface area contributed by atoms with Crippen molar-refractivity contribution in [2.75, 3.05) is 5.73 Å². The van der Waals surface area contributed by atoms with Crippen LogP contribution in [0, 0.1) is 0 Å². The van der Waals surface area contributed by atoms with Crippen molar-refractivity contribution in [2.24, 2.45) is 0 Å². The van der Waals surface area contributed by atoms with Crippen molar-refractivity contribution in [1.29, 1.82) is 0 Å². The van der Waals surface area contributed by atoms with Crippen LogP contribution in [0.3, 0.4) is 0 Å². The van der Waals surface area contributed by atoms with Gasteiger partial charge in [-0.05, 0) is 30.7 Å². The Balaban J connectivity index is 2.64. The molecule has 0 spiro atoms. The molecule has 0 saturated heterocycles. The predicted octanol–water partition coefficient (Wildman–Crippen LogP) is 3.94. The van der Waals surface area contributed by atoms with E-state index in [1.165, 1.54) is 17.7 Å². The van der Waals surface area contributed by atoms with Crippen molar-refractivity contribution in [3.63, 3.8) is 0 Å². The van der Waals surface area contributed by atoms with Gasteiger partial charge in [0.1, 0.15) is 0 Å². The van der Waals surface area contributed by atoms with Crippen molar-refractivity contribution < 1.29 is 0 Å². The first-order valence-electron chi connectivity index (χ1n) is 5.08. The van der Waals surface area contributed by atoms with Crippen LogP contribution < -0.4 is 5.73 Å². The van der Waals surface area contributed by atoms with Gasteiger partial charge in [-0.1, -0.05) is 27.2 Å². The highest BCUT2D eigenvalue weighted by Gasteiger charge is 2.17. The number of nitrogen functional groups attached to an aromatic ring is 1. The standard InChI is InChI=1S/C12H19NS/c1-4-9-12(2,3)14-11-7-5-10(13)6-8-11/h5-8H,4,9,13H2,1-3H3. The summed E-state index contributed by atoms with van der Waals surface area (Å²) < 4.78 is 0.324. The van der Waals surface area contributed by atoms with Crippen molar-refractivity contribution >= 4 is 17.4 Å². The van der Waals surface area contributed by atoms with E-state index in [1.54, 1.807) is 0 Å². The van der Waals surface area contributed by atoms with Gasteiger partial charge in [0.2, 0.25) is 0 Å². The zero-order valence-electron chi connectivity index (χ0n) is 9.21. The molecule has 1 nitrogen and oxygen atoms in total. The van der Waals surface area contributed by atoms with E-state index in [9.17, 15) is 0 Å². The lowest BCUT2D eigenvalue weighted by Crippen LogP contribution is -2.13. The molecule has 0 heterocycles. The molecule has 0 bridgehead atoms. The highest BCUT2D eigenvalue weighted by atomic mass is 32.2. The average molecular weight is 209 g/mol. The fraction of sp³-hybridized carbons (Fsp3) is 0.500. The summed E-state index contributed by atoms with van der Waals surface area (Å²) in [5.41, 5.74) is 6.48. The maximum atomic E-state index is 5.64. The molecular formula is C12H19NS. The van der Waals surface area contributed by atoms with Crippen LogP contribution in [0.15, 0.2) is 29.2 Å². The third-order valence-corrected chi connectivity index (χ3v) is 3.39. The minimum Gasteiger partial charge on any atom is -0.399 e. The van der Waals surface area contributed by atoms with E-state index in [-0.39, 0.29) is 0 Å². The second-order valence-electron chi connectivity index (χ2n) is 4.18. The van der Waals surface area contributed by atoms with Crippen LogP contribution in [-0.4, -0.2) is 4.75 Å². The van der Waals surface area contributed by atoms with Crippen molar-refractivity contribution in [1.82, 2.24) is 0 Å². The van der Waals surface area contributed by atoms with Gasteiger partial charge in [0.15, 0.2) is 0 Å². The molecule has 0 aliphatic rings. The third-order valence-electron chi connectivity index (χ3n) is 2.13. The smallest absolute Gasteiger partial charge is 0.0314 e. The van der Waals surface area contributed by atoms with Gasteiger partial charge >= 0.3 is 0 Å². The number of hydrogen-bond donors (Lipinski definition) is 1. The molecule has 78 valence electrons. The Morgan fingerprint density at radius 3 is 2.29 bits per heavy atom. The molecule has 0 amide bonds. The summed E-state index contributed by atoms with van der Waals surface area (Å²) in [6.45, 7) is 6.81. The lowest BCUT2D eigenvalue weighted by atomic mass is 10.1. The van der Waals surface area contributed by atoms with Crippen molar-refractivity contribution in [3.8, 4) is 0 Å². The molecule has 1 aromatic rings. The molecule has 0 radical (unpaired) electrons. The Kier molecular flexibility index (Phi) is 3.87. The number of thioether (sulfide) groups is 1. The second kappa shape index (κ2) is 4.74. The summed E-state index contributed by atoms with van der Waals surface area (Å²) in [5.74, 6) is 0. The van der Waals surface area contributed by atoms with E-state index < -0.39 is 0 Å². The van der Waals surface area contributed by atoms with Crippen molar-refractivity contribution in [3.05, 3.63) is 24.3 Å². The van der Waals surface area contributed by atoms with E-state index >= 15 is 0 Å². The quantitative estimate of drug-likeness (QED) is 0.600. The van der Waals surface area contributed by atoms with Gasteiger partial charge in [-0.2, -0.15) is 0 Å². The van der Waals surface area contributed by atoms with Gasteiger partial charge in [0, 0.05) is 15.3 Å². The molecule has 1 rings (SSSR count). The minimum absolute atomic E-state index is 0.324. The maximum absolute atomic E-state index is 5.64. The van der Waals surface area contributed by atoms with Gasteiger partial charge in [0.25, 0.3) is 0 Å². The van der Waals surface area contributed by atoms with Gasteiger partial charge in [-0.3, -0.25) is 0 Å². The highest BCUT2D eigenvalue weighted by Crippen LogP contribution is 2.35. The van der Waals surface area contributed by atoms with Crippen molar-refractivity contribution in [2.45, 2.75) is 43.3 Å². The lowest BCUT2D eigenvalue weighted by Gasteiger charge is -2.23. The maximum Gasteiger partial charge on any atom is 0.0314 e. The number of rotatable bonds is 4. The molecular weight excluding hydrogens is 190 g/mol. The van der Waals surface area contributed by atoms with Crippen LogP contribution in [0.1, 0.15) is 33.6 Å². The van der Waals surface area contributed by atoms with E-state index in [2.05, 4.69) is 32.9 Å². The fourth-order valence-corrected chi connectivity index (χ4v) is 2.72. The van der Waals surface area contributed by atoms with Gasteiger partial charge in [0.05, 0.1) is 0 Å². The van der Waals surface area contributed by atoms with Crippen LogP contribution in [0.5, 0.6) is 0 Å². The van der Waals surface area contributed by atoms with Gasteiger partial charge in [-0.25, -0.2) is 0 Å². The molecule has 14 heavy (non-hydrogen) atoms. The summed E-state index contributed by atoms with van der Waals surface area (Å²) in [6.07, 6.45) is 2.47. The average Bonchev–Trinajstić information content (AvgIpc) is 2.08. The topological polar surface area (TPSA) is 26.0 Å².